The lowest BCUT2D eigenvalue weighted by Gasteiger charge is -2.07. The third kappa shape index (κ3) is 2.52. The number of fused-ring (bicyclic) bond motifs is 1. The van der Waals surface area contributed by atoms with Gasteiger partial charge >= 0.3 is 0 Å². The average molecular weight is 226 g/mol. The largest absolute Gasteiger partial charge is 0.369 e. The summed E-state index contributed by atoms with van der Waals surface area (Å²) >= 11 is 0. The van der Waals surface area contributed by atoms with E-state index in [0.717, 1.165) is 23.9 Å². The number of nitrogens with zero attached hydrogens (tertiary/aromatic N) is 2. The van der Waals surface area contributed by atoms with Crippen LogP contribution in [-0.4, -0.2) is 18.1 Å². The molecule has 0 atom stereocenters. The topological polar surface area (TPSA) is 74.7 Å². The number of para-hydroxylation sites is 1. The summed E-state index contributed by atoms with van der Waals surface area (Å²) in [4.78, 5) is 4.44. The number of benzene rings is 1. The molecule has 0 aliphatic heterocycles. The van der Waals surface area contributed by atoms with Gasteiger partial charge in [-0.1, -0.05) is 18.2 Å². The van der Waals surface area contributed by atoms with Crippen molar-refractivity contribution in [2.24, 2.45) is 5.73 Å². The Kier molecular flexibility index (Phi) is 3.53. The lowest BCUT2D eigenvalue weighted by molar-refractivity contribution is 0.870. The van der Waals surface area contributed by atoms with Gasteiger partial charge in [0.05, 0.1) is 11.1 Å². The lowest BCUT2D eigenvalue weighted by Crippen LogP contribution is -2.10. The van der Waals surface area contributed by atoms with Gasteiger partial charge in [0.15, 0.2) is 0 Å². The SMILES string of the molecule is N#Cc1cc2ccccc2nc1NCCCN. The predicted octanol–water partition coefficient (Wildman–Crippen LogP) is 1.87. The standard InChI is InChI=1S/C13H14N4/c14-6-3-7-16-13-11(9-15)8-10-4-1-2-5-12(10)17-13/h1-2,4-5,8H,3,6-7,14H2,(H,16,17). The van der Waals surface area contributed by atoms with Crippen LogP contribution in [0.5, 0.6) is 0 Å². The maximum absolute atomic E-state index is 9.08. The molecule has 0 saturated carbocycles. The van der Waals surface area contributed by atoms with E-state index in [9.17, 15) is 0 Å². The Bertz CT molecular complexity index is 557. The van der Waals surface area contributed by atoms with Crippen molar-refractivity contribution in [2.75, 3.05) is 18.4 Å². The lowest BCUT2D eigenvalue weighted by atomic mass is 10.1. The Morgan fingerprint density at radius 3 is 2.94 bits per heavy atom. The van der Waals surface area contributed by atoms with Crippen LogP contribution < -0.4 is 11.1 Å². The molecule has 0 saturated heterocycles. The molecule has 0 unspecified atom stereocenters. The number of pyridine rings is 1. The van der Waals surface area contributed by atoms with Gasteiger partial charge in [-0.15, -0.1) is 0 Å². The second-order valence-electron chi connectivity index (χ2n) is 3.76. The highest BCUT2D eigenvalue weighted by atomic mass is 15.0. The highest BCUT2D eigenvalue weighted by Gasteiger charge is 2.05. The minimum absolute atomic E-state index is 0.570. The van der Waals surface area contributed by atoms with Gasteiger partial charge in [-0.25, -0.2) is 4.98 Å². The molecule has 86 valence electrons. The third-order valence-electron chi connectivity index (χ3n) is 2.52. The van der Waals surface area contributed by atoms with Gasteiger partial charge in [0.2, 0.25) is 0 Å². The molecule has 17 heavy (non-hydrogen) atoms. The molecule has 1 aromatic carbocycles. The zero-order valence-corrected chi connectivity index (χ0v) is 9.48. The first-order valence-electron chi connectivity index (χ1n) is 5.59. The quantitative estimate of drug-likeness (QED) is 0.780. The number of hydrogen-bond acceptors (Lipinski definition) is 4. The Morgan fingerprint density at radius 2 is 2.18 bits per heavy atom. The minimum atomic E-state index is 0.570. The van der Waals surface area contributed by atoms with E-state index in [4.69, 9.17) is 11.0 Å². The maximum atomic E-state index is 9.08. The summed E-state index contributed by atoms with van der Waals surface area (Å²) < 4.78 is 0. The Hall–Kier alpha value is -2.12. The summed E-state index contributed by atoms with van der Waals surface area (Å²) in [6.07, 6.45) is 0.860. The number of rotatable bonds is 4. The molecule has 3 N–H and O–H groups in total. The molecule has 0 amide bonds. The van der Waals surface area contributed by atoms with E-state index in [1.54, 1.807) is 0 Å². The zero-order valence-electron chi connectivity index (χ0n) is 9.48. The van der Waals surface area contributed by atoms with Crippen molar-refractivity contribution in [2.45, 2.75) is 6.42 Å². The van der Waals surface area contributed by atoms with E-state index < -0.39 is 0 Å². The molecule has 0 aliphatic rings. The maximum Gasteiger partial charge on any atom is 0.144 e. The molecular weight excluding hydrogens is 212 g/mol. The van der Waals surface area contributed by atoms with Crippen LogP contribution in [0.2, 0.25) is 0 Å². The van der Waals surface area contributed by atoms with Crippen LogP contribution >= 0.6 is 0 Å². The second kappa shape index (κ2) is 5.28. The van der Waals surface area contributed by atoms with E-state index in [1.165, 1.54) is 0 Å². The van der Waals surface area contributed by atoms with Crippen molar-refractivity contribution >= 4 is 16.7 Å². The summed E-state index contributed by atoms with van der Waals surface area (Å²) in [6, 6.07) is 11.8. The van der Waals surface area contributed by atoms with Gasteiger partial charge in [-0.05, 0) is 25.1 Å². The van der Waals surface area contributed by atoms with Crippen molar-refractivity contribution in [1.29, 1.82) is 5.26 Å². The van der Waals surface area contributed by atoms with E-state index >= 15 is 0 Å². The third-order valence-corrected chi connectivity index (χ3v) is 2.52. The molecule has 4 heteroatoms. The van der Waals surface area contributed by atoms with Gasteiger partial charge in [0, 0.05) is 11.9 Å². The first-order valence-corrected chi connectivity index (χ1v) is 5.59. The zero-order chi connectivity index (χ0) is 12.1. The normalized spacial score (nSPS) is 10.1. The Balaban J connectivity index is 2.36. The van der Waals surface area contributed by atoms with Crippen LogP contribution in [0.1, 0.15) is 12.0 Å². The number of nitriles is 1. The Labute approximate surface area is 100 Å². The summed E-state index contributed by atoms with van der Waals surface area (Å²) in [5, 5.41) is 13.2. The monoisotopic (exact) mass is 226 g/mol. The van der Waals surface area contributed by atoms with Gasteiger partial charge < -0.3 is 11.1 Å². The first-order chi connectivity index (χ1) is 8.35. The molecule has 1 heterocycles. The van der Waals surface area contributed by atoms with E-state index in [1.807, 2.05) is 30.3 Å². The number of aromatic nitrogens is 1. The highest BCUT2D eigenvalue weighted by molar-refractivity contribution is 5.82. The molecule has 0 fully saturated rings. The number of nitrogens with one attached hydrogen (secondary N) is 1. The molecule has 2 rings (SSSR count). The van der Waals surface area contributed by atoms with Crippen molar-refractivity contribution < 1.29 is 0 Å². The minimum Gasteiger partial charge on any atom is -0.369 e. The second-order valence-corrected chi connectivity index (χ2v) is 3.76. The van der Waals surface area contributed by atoms with Gasteiger partial charge in [0.25, 0.3) is 0 Å². The molecule has 0 radical (unpaired) electrons. The fourth-order valence-corrected chi connectivity index (χ4v) is 1.64. The van der Waals surface area contributed by atoms with Crippen LogP contribution in [-0.2, 0) is 0 Å². The average Bonchev–Trinajstić information content (AvgIpc) is 2.38. The summed E-state index contributed by atoms with van der Waals surface area (Å²) in [6.45, 7) is 1.36. The Morgan fingerprint density at radius 1 is 1.35 bits per heavy atom. The summed E-state index contributed by atoms with van der Waals surface area (Å²) in [5.74, 6) is 0.639. The molecular formula is C13H14N4. The van der Waals surface area contributed by atoms with Crippen LogP contribution in [0.4, 0.5) is 5.82 Å². The highest BCUT2D eigenvalue weighted by Crippen LogP contribution is 2.19. The molecule has 0 spiro atoms. The van der Waals surface area contributed by atoms with E-state index in [0.29, 0.717) is 17.9 Å². The molecule has 1 aromatic heterocycles. The fraction of sp³-hybridized carbons (Fsp3) is 0.231. The molecule has 4 nitrogen and oxygen atoms in total. The molecule has 0 bridgehead atoms. The fourth-order valence-electron chi connectivity index (χ4n) is 1.64. The summed E-state index contributed by atoms with van der Waals surface area (Å²) in [7, 11) is 0. The smallest absolute Gasteiger partial charge is 0.144 e. The van der Waals surface area contributed by atoms with Crippen LogP contribution in [0.25, 0.3) is 10.9 Å². The van der Waals surface area contributed by atoms with Crippen molar-refractivity contribution in [1.82, 2.24) is 4.98 Å². The number of hydrogen-bond donors (Lipinski definition) is 2. The van der Waals surface area contributed by atoms with Gasteiger partial charge in [-0.3, -0.25) is 0 Å². The molecule has 0 aliphatic carbocycles. The van der Waals surface area contributed by atoms with Crippen molar-refractivity contribution in [3.05, 3.63) is 35.9 Å². The molecule has 2 aromatic rings. The van der Waals surface area contributed by atoms with Crippen molar-refractivity contribution in [3.63, 3.8) is 0 Å². The summed E-state index contributed by atoms with van der Waals surface area (Å²) in [5.41, 5.74) is 6.89. The first kappa shape index (κ1) is 11.4. The van der Waals surface area contributed by atoms with Crippen LogP contribution in [0.3, 0.4) is 0 Å². The van der Waals surface area contributed by atoms with Crippen molar-refractivity contribution in [3.8, 4) is 6.07 Å². The van der Waals surface area contributed by atoms with Crippen LogP contribution in [0, 0.1) is 11.3 Å². The van der Waals surface area contributed by atoms with Gasteiger partial charge in [-0.2, -0.15) is 5.26 Å². The number of nitrogens with two attached hydrogens (primary N) is 1. The number of anilines is 1. The van der Waals surface area contributed by atoms with E-state index in [-0.39, 0.29) is 0 Å². The van der Waals surface area contributed by atoms with Crippen LogP contribution in [0.15, 0.2) is 30.3 Å². The van der Waals surface area contributed by atoms with Gasteiger partial charge in [0.1, 0.15) is 11.9 Å². The predicted molar refractivity (Wildman–Crippen MR) is 68.6 cm³/mol. The van der Waals surface area contributed by atoms with E-state index in [2.05, 4.69) is 16.4 Å².